The number of benzene rings is 2. The van der Waals surface area contributed by atoms with E-state index in [-0.39, 0.29) is 60.0 Å². The van der Waals surface area contributed by atoms with Crippen LogP contribution in [0.4, 0.5) is 0 Å². The monoisotopic (exact) mass is 769 g/mol. The summed E-state index contributed by atoms with van der Waals surface area (Å²) in [5.41, 5.74) is 4.55. The Morgan fingerprint density at radius 1 is 0.804 bits per heavy atom. The van der Waals surface area contributed by atoms with Crippen LogP contribution in [0, 0.1) is 11.8 Å². The summed E-state index contributed by atoms with van der Waals surface area (Å²) < 4.78 is 0. The first-order valence-electron chi connectivity index (χ1n) is 22.2. The Balaban J connectivity index is 1.10. The predicted molar refractivity (Wildman–Crippen MR) is 220 cm³/mol. The van der Waals surface area contributed by atoms with Gasteiger partial charge in [-0.25, -0.2) is 0 Å². The summed E-state index contributed by atoms with van der Waals surface area (Å²) in [7, 11) is 0. The molecule has 0 bridgehead atoms. The number of carbonyl (C=O) groups is 3. The lowest BCUT2D eigenvalue weighted by molar-refractivity contribution is -0.140. The van der Waals surface area contributed by atoms with E-state index in [4.69, 9.17) is 4.84 Å². The van der Waals surface area contributed by atoms with Gasteiger partial charge in [-0.05, 0) is 81.8 Å². The average Bonchev–Trinajstić information content (AvgIpc) is 3.90. The zero-order chi connectivity index (χ0) is 39.0. The number of amides is 3. The molecule has 0 radical (unpaired) electrons. The molecule has 0 spiro atoms. The van der Waals surface area contributed by atoms with Crippen molar-refractivity contribution in [3.05, 3.63) is 71.8 Å². The summed E-state index contributed by atoms with van der Waals surface area (Å²) in [6, 6.07) is 19.5. The maximum atomic E-state index is 14.7. The van der Waals surface area contributed by atoms with Crippen LogP contribution in [0.3, 0.4) is 0 Å². The van der Waals surface area contributed by atoms with E-state index in [0.29, 0.717) is 18.9 Å². The van der Waals surface area contributed by atoms with Gasteiger partial charge in [-0.2, -0.15) is 5.48 Å². The fourth-order valence-corrected chi connectivity index (χ4v) is 10.9. The lowest BCUT2D eigenvalue weighted by Gasteiger charge is -2.39. The zero-order valence-electron chi connectivity index (χ0n) is 34.0. The molecular weight excluding hydrogens is 701 g/mol. The topological polar surface area (TPSA) is 124 Å². The summed E-state index contributed by atoms with van der Waals surface area (Å²) in [5, 5.41) is 14.3. The molecule has 10 nitrogen and oxygen atoms in total. The van der Waals surface area contributed by atoms with Gasteiger partial charge in [0, 0.05) is 25.0 Å². The molecule has 7 atom stereocenters. The highest BCUT2D eigenvalue weighted by molar-refractivity contribution is 5.95. The quantitative estimate of drug-likeness (QED) is 0.154. The standard InChI is InChI=1S/C46H68N6O4/c1-33-30-46(51-56-33,38-25-16-4-3-5-17-26-38)44(55)49-39(29-41(53)52-28-18-27-40(52)36-21-12-9-13-22-36)43(54)48-34(2)42-47-32-45(50-42,31-35-19-10-8-11-20-35)37-23-14-6-7-15-24-37/h8-13,19-22,33-34,37-40,42,47,50-51H,3-7,14-18,23-32H2,1-2H3,(H,48,54)(H,49,55)/t33?,34-,39-,40+,42?,45?,46?/m0/s1. The maximum absolute atomic E-state index is 14.7. The molecule has 5 aliphatic rings. The number of rotatable bonds is 12. The van der Waals surface area contributed by atoms with Gasteiger partial charge >= 0.3 is 0 Å². The molecule has 2 saturated carbocycles. The minimum absolute atomic E-state index is 0.0392. The van der Waals surface area contributed by atoms with Gasteiger partial charge in [0.1, 0.15) is 11.6 Å². The predicted octanol–water partition coefficient (Wildman–Crippen LogP) is 6.61. The molecule has 2 aliphatic carbocycles. The largest absolute Gasteiger partial charge is 0.349 e. The van der Waals surface area contributed by atoms with Crippen LogP contribution in [-0.4, -0.2) is 71.1 Å². The van der Waals surface area contributed by atoms with E-state index in [0.717, 1.165) is 69.9 Å². The van der Waals surface area contributed by atoms with E-state index in [1.807, 2.05) is 36.9 Å². The summed E-state index contributed by atoms with van der Waals surface area (Å²) >= 11 is 0. The van der Waals surface area contributed by atoms with Gasteiger partial charge in [0.2, 0.25) is 17.7 Å². The second-order valence-corrected chi connectivity index (χ2v) is 17.9. The van der Waals surface area contributed by atoms with Gasteiger partial charge in [-0.3, -0.25) is 29.9 Å². The SMILES string of the molecule is CC1CC(C(=O)N[C@@H](CC(=O)N2CCC[C@@H]2c2ccccc2)C(=O)N[C@@H](C)C2NCC(Cc3ccccc3)(C3CCCCCC3)N2)(C2CCCCCCC2)NO1. The molecule has 2 aromatic carbocycles. The number of likely N-dealkylation sites (tertiary alicyclic amines) is 1. The summed E-state index contributed by atoms with van der Waals surface area (Å²) in [5.74, 6) is -0.0580. The van der Waals surface area contributed by atoms with Crippen LogP contribution < -0.4 is 26.7 Å². The third kappa shape index (κ3) is 9.52. The van der Waals surface area contributed by atoms with E-state index in [2.05, 4.69) is 69.2 Å². The number of hydroxylamine groups is 1. The van der Waals surface area contributed by atoms with E-state index >= 15 is 0 Å². The van der Waals surface area contributed by atoms with Crippen molar-refractivity contribution in [2.24, 2.45) is 11.8 Å². The number of nitrogens with zero attached hydrogens (tertiary/aromatic N) is 1. The molecule has 5 N–H and O–H groups in total. The highest BCUT2D eigenvalue weighted by Crippen LogP contribution is 2.39. The van der Waals surface area contributed by atoms with Crippen molar-refractivity contribution in [1.82, 2.24) is 31.6 Å². The van der Waals surface area contributed by atoms with E-state index < -0.39 is 11.6 Å². The Kier molecular flexibility index (Phi) is 13.8. The van der Waals surface area contributed by atoms with Crippen LogP contribution in [0.25, 0.3) is 0 Å². The fraction of sp³-hybridized carbons (Fsp3) is 0.674. The second kappa shape index (κ2) is 19.0. The summed E-state index contributed by atoms with van der Waals surface area (Å²) in [6.45, 7) is 5.48. The van der Waals surface area contributed by atoms with Crippen molar-refractivity contribution in [3.63, 3.8) is 0 Å². The van der Waals surface area contributed by atoms with E-state index in [9.17, 15) is 14.4 Å². The van der Waals surface area contributed by atoms with Crippen LogP contribution >= 0.6 is 0 Å². The number of hydrogen-bond donors (Lipinski definition) is 5. The van der Waals surface area contributed by atoms with Crippen molar-refractivity contribution in [3.8, 4) is 0 Å². The molecule has 5 fully saturated rings. The Labute approximate surface area is 335 Å². The number of carbonyl (C=O) groups excluding carboxylic acids is 3. The molecule has 2 aromatic rings. The van der Waals surface area contributed by atoms with Gasteiger partial charge in [-0.1, -0.05) is 118 Å². The Bertz CT molecular complexity index is 1580. The van der Waals surface area contributed by atoms with Gasteiger partial charge in [0.15, 0.2) is 0 Å². The smallest absolute Gasteiger partial charge is 0.243 e. The molecule has 0 aromatic heterocycles. The van der Waals surface area contributed by atoms with Crippen molar-refractivity contribution < 1.29 is 19.2 Å². The minimum atomic E-state index is -1.03. The first-order valence-corrected chi connectivity index (χ1v) is 22.2. The lowest BCUT2D eigenvalue weighted by atomic mass is 9.73. The third-order valence-corrected chi connectivity index (χ3v) is 14.0. The van der Waals surface area contributed by atoms with Crippen LogP contribution in [0.5, 0.6) is 0 Å². The molecular formula is C46H68N6O4. The highest BCUT2D eigenvalue weighted by atomic mass is 16.7. The van der Waals surface area contributed by atoms with Gasteiger partial charge in [0.25, 0.3) is 0 Å². The van der Waals surface area contributed by atoms with E-state index in [1.54, 1.807) is 0 Å². The number of nitrogens with one attached hydrogen (secondary N) is 5. The minimum Gasteiger partial charge on any atom is -0.349 e. The second-order valence-electron chi connectivity index (χ2n) is 17.9. The fourth-order valence-electron chi connectivity index (χ4n) is 10.9. The van der Waals surface area contributed by atoms with Crippen molar-refractivity contribution in [2.75, 3.05) is 13.1 Å². The summed E-state index contributed by atoms with van der Waals surface area (Å²) in [4.78, 5) is 51.5. The first kappa shape index (κ1) is 40.9. The lowest BCUT2D eigenvalue weighted by Crippen LogP contribution is -2.63. The number of hydrogen-bond acceptors (Lipinski definition) is 7. The highest BCUT2D eigenvalue weighted by Gasteiger charge is 2.52. The van der Waals surface area contributed by atoms with Gasteiger partial charge in [0.05, 0.1) is 30.8 Å². The molecule has 4 unspecified atom stereocenters. The van der Waals surface area contributed by atoms with Gasteiger partial charge < -0.3 is 15.5 Å². The van der Waals surface area contributed by atoms with Crippen LogP contribution in [0.15, 0.2) is 60.7 Å². The molecule has 3 aliphatic heterocycles. The van der Waals surface area contributed by atoms with Crippen LogP contribution in [0.2, 0.25) is 0 Å². The first-order chi connectivity index (χ1) is 27.3. The van der Waals surface area contributed by atoms with Crippen LogP contribution in [-0.2, 0) is 25.6 Å². The van der Waals surface area contributed by atoms with Crippen molar-refractivity contribution in [2.45, 2.75) is 171 Å². The average molecular weight is 769 g/mol. The van der Waals surface area contributed by atoms with Crippen LogP contribution in [0.1, 0.15) is 140 Å². The van der Waals surface area contributed by atoms with Crippen molar-refractivity contribution in [1.29, 1.82) is 0 Å². The molecule has 3 amide bonds. The van der Waals surface area contributed by atoms with Crippen molar-refractivity contribution >= 4 is 17.7 Å². The Morgan fingerprint density at radius 2 is 1.43 bits per heavy atom. The molecule has 306 valence electrons. The van der Waals surface area contributed by atoms with Gasteiger partial charge in [-0.15, -0.1) is 0 Å². The molecule has 3 heterocycles. The summed E-state index contributed by atoms with van der Waals surface area (Å²) in [6.07, 6.45) is 17.9. The molecule has 10 heteroatoms. The Morgan fingerprint density at radius 3 is 2.07 bits per heavy atom. The third-order valence-electron chi connectivity index (χ3n) is 14.0. The molecule has 56 heavy (non-hydrogen) atoms. The molecule has 7 rings (SSSR count). The zero-order valence-corrected chi connectivity index (χ0v) is 34.0. The normalized spacial score (nSPS) is 30.5. The van der Waals surface area contributed by atoms with E-state index in [1.165, 1.54) is 50.5 Å². The maximum Gasteiger partial charge on any atom is 0.243 e. The Hall–Kier alpha value is -3.31. The molecule has 3 saturated heterocycles.